The van der Waals surface area contributed by atoms with E-state index in [4.69, 9.17) is 5.73 Å². The Hall–Kier alpha value is -1.51. The lowest BCUT2D eigenvalue weighted by molar-refractivity contribution is -0.138. The van der Waals surface area contributed by atoms with Crippen LogP contribution in [0.2, 0.25) is 0 Å². The summed E-state index contributed by atoms with van der Waals surface area (Å²) < 4.78 is 1.49. The van der Waals surface area contributed by atoms with Crippen molar-refractivity contribution in [3.63, 3.8) is 0 Å². The van der Waals surface area contributed by atoms with Crippen molar-refractivity contribution in [1.29, 1.82) is 0 Å². The minimum atomic E-state index is -0.819. The van der Waals surface area contributed by atoms with Crippen molar-refractivity contribution in [3.05, 3.63) is 11.9 Å². The number of nitrogens with two attached hydrogens (primary N) is 1. The molecule has 0 aliphatic carbocycles. The highest BCUT2D eigenvalue weighted by Gasteiger charge is 2.31. The van der Waals surface area contributed by atoms with E-state index in [9.17, 15) is 9.90 Å². The van der Waals surface area contributed by atoms with E-state index >= 15 is 0 Å². The molecule has 0 radical (unpaired) electrons. The number of unbranched alkanes of at least 4 members (excludes halogenated alkanes) is 1. The Bertz CT molecular complexity index is 470. The first kappa shape index (κ1) is 16.9. The first-order chi connectivity index (χ1) is 10.6. The van der Waals surface area contributed by atoms with Gasteiger partial charge in [-0.05, 0) is 32.7 Å². The Morgan fingerprint density at radius 1 is 1.45 bits per heavy atom. The van der Waals surface area contributed by atoms with E-state index in [-0.39, 0.29) is 5.91 Å². The van der Waals surface area contributed by atoms with Gasteiger partial charge in [-0.25, -0.2) is 4.68 Å². The van der Waals surface area contributed by atoms with Crippen molar-refractivity contribution in [2.75, 3.05) is 32.7 Å². The Kier molecular flexibility index (Phi) is 6.29. The van der Waals surface area contributed by atoms with Crippen molar-refractivity contribution in [2.45, 2.75) is 38.3 Å². The molecule has 0 unspecified atom stereocenters. The number of piperazine rings is 1. The SMILES string of the molecule is C[C@@H](O)[C@@H](C(=O)N1CCNCC1)n1cc(CCCCN)nn1. The van der Waals surface area contributed by atoms with Gasteiger partial charge in [-0.2, -0.15) is 0 Å². The zero-order valence-electron chi connectivity index (χ0n) is 13.1. The van der Waals surface area contributed by atoms with Gasteiger partial charge in [-0.1, -0.05) is 5.21 Å². The number of hydrogen-bond donors (Lipinski definition) is 3. The number of aliphatic hydroxyl groups is 1. The molecule has 1 amide bonds. The Labute approximate surface area is 130 Å². The summed E-state index contributed by atoms with van der Waals surface area (Å²) in [5, 5.41) is 21.4. The number of nitrogens with one attached hydrogen (secondary N) is 1. The smallest absolute Gasteiger partial charge is 0.250 e. The predicted octanol–water partition coefficient (Wildman–Crippen LogP) is -1.09. The van der Waals surface area contributed by atoms with E-state index in [0.29, 0.717) is 19.6 Å². The molecular formula is C14H26N6O2. The van der Waals surface area contributed by atoms with Gasteiger partial charge in [0.25, 0.3) is 0 Å². The fourth-order valence-electron chi connectivity index (χ4n) is 2.63. The molecule has 1 aliphatic rings. The summed E-state index contributed by atoms with van der Waals surface area (Å²) in [4.78, 5) is 14.4. The van der Waals surface area contributed by atoms with Crippen LogP contribution < -0.4 is 11.1 Å². The fraction of sp³-hybridized carbons (Fsp3) is 0.786. The lowest BCUT2D eigenvalue weighted by Gasteiger charge is -2.31. The minimum Gasteiger partial charge on any atom is -0.391 e. The third-order valence-electron chi connectivity index (χ3n) is 3.87. The molecule has 2 heterocycles. The van der Waals surface area contributed by atoms with Crippen LogP contribution in [0, 0.1) is 0 Å². The standard InChI is InChI=1S/C14H26N6O2/c1-11(21)13(14(22)19-8-6-16-7-9-19)20-10-12(17-18-20)4-2-3-5-15/h10-11,13,16,21H,2-9,15H2,1H3/t11-,13+/m1/s1. The molecule has 1 aromatic heterocycles. The number of rotatable bonds is 7. The van der Waals surface area contributed by atoms with E-state index < -0.39 is 12.1 Å². The summed E-state index contributed by atoms with van der Waals surface area (Å²) in [6, 6.07) is -0.714. The molecule has 1 saturated heterocycles. The Balaban J connectivity index is 2.05. The van der Waals surface area contributed by atoms with Gasteiger partial charge in [0.05, 0.1) is 11.8 Å². The van der Waals surface area contributed by atoms with Gasteiger partial charge in [-0.3, -0.25) is 4.79 Å². The number of carbonyl (C=O) groups excluding carboxylic acids is 1. The molecule has 22 heavy (non-hydrogen) atoms. The molecule has 2 atom stereocenters. The second kappa shape index (κ2) is 8.21. The van der Waals surface area contributed by atoms with E-state index in [1.54, 1.807) is 18.0 Å². The van der Waals surface area contributed by atoms with E-state index in [1.165, 1.54) is 4.68 Å². The number of amides is 1. The van der Waals surface area contributed by atoms with Crippen LogP contribution in [0.15, 0.2) is 6.20 Å². The quantitative estimate of drug-likeness (QED) is 0.552. The average Bonchev–Trinajstić information content (AvgIpc) is 2.96. The lowest BCUT2D eigenvalue weighted by Crippen LogP contribution is -2.50. The number of aryl methyl sites for hydroxylation is 1. The molecule has 1 aliphatic heterocycles. The maximum absolute atomic E-state index is 12.6. The largest absolute Gasteiger partial charge is 0.391 e. The Morgan fingerprint density at radius 3 is 2.82 bits per heavy atom. The van der Waals surface area contributed by atoms with Crippen molar-refractivity contribution in [1.82, 2.24) is 25.2 Å². The van der Waals surface area contributed by atoms with Crippen LogP contribution in [0.5, 0.6) is 0 Å². The van der Waals surface area contributed by atoms with Crippen LogP contribution in [0.4, 0.5) is 0 Å². The highest BCUT2D eigenvalue weighted by atomic mass is 16.3. The molecule has 8 nitrogen and oxygen atoms in total. The second-order valence-electron chi connectivity index (χ2n) is 5.70. The third-order valence-corrected chi connectivity index (χ3v) is 3.87. The number of hydrogen-bond acceptors (Lipinski definition) is 6. The monoisotopic (exact) mass is 310 g/mol. The van der Waals surface area contributed by atoms with Gasteiger partial charge in [-0.15, -0.1) is 5.10 Å². The number of carbonyl (C=O) groups is 1. The highest BCUT2D eigenvalue weighted by Crippen LogP contribution is 2.16. The topological polar surface area (TPSA) is 109 Å². The van der Waals surface area contributed by atoms with Gasteiger partial charge in [0.1, 0.15) is 0 Å². The maximum atomic E-state index is 12.6. The summed E-state index contributed by atoms with van der Waals surface area (Å²) in [6.07, 6.45) is 3.60. The molecule has 1 aromatic rings. The van der Waals surface area contributed by atoms with E-state index in [0.717, 1.165) is 38.0 Å². The molecule has 0 saturated carbocycles. The maximum Gasteiger partial charge on any atom is 0.250 e. The van der Waals surface area contributed by atoms with Crippen LogP contribution >= 0.6 is 0 Å². The first-order valence-electron chi connectivity index (χ1n) is 7.92. The van der Waals surface area contributed by atoms with Crippen LogP contribution in [0.1, 0.15) is 31.5 Å². The minimum absolute atomic E-state index is 0.102. The molecule has 0 spiro atoms. The predicted molar refractivity (Wildman–Crippen MR) is 82.2 cm³/mol. The summed E-state index contributed by atoms with van der Waals surface area (Å²) in [6.45, 7) is 5.13. The van der Waals surface area contributed by atoms with Crippen LogP contribution in [-0.2, 0) is 11.2 Å². The number of nitrogens with zero attached hydrogens (tertiary/aromatic N) is 4. The Morgan fingerprint density at radius 2 is 2.18 bits per heavy atom. The van der Waals surface area contributed by atoms with Crippen LogP contribution in [0.3, 0.4) is 0 Å². The second-order valence-corrected chi connectivity index (χ2v) is 5.70. The van der Waals surface area contributed by atoms with Gasteiger partial charge < -0.3 is 21.1 Å². The molecule has 124 valence electrons. The van der Waals surface area contributed by atoms with Crippen molar-refractivity contribution < 1.29 is 9.90 Å². The molecule has 2 rings (SSSR count). The number of aliphatic hydroxyl groups excluding tert-OH is 1. The highest BCUT2D eigenvalue weighted by molar-refractivity contribution is 5.81. The summed E-state index contributed by atoms with van der Waals surface area (Å²) >= 11 is 0. The van der Waals surface area contributed by atoms with Gasteiger partial charge in [0.2, 0.25) is 5.91 Å². The van der Waals surface area contributed by atoms with Crippen molar-refractivity contribution >= 4 is 5.91 Å². The number of aromatic nitrogens is 3. The van der Waals surface area contributed by atoms with Gasteiger partial charge in [0.15, 0.2) is 6.04 Å². The average molecular weight is 310 g/mol. The van der Waals surface area contributed by atoms with Gasteiger partial charge >= 0.3 is 0 Å². The van der Waals surface area contributed by atoms with E-state index in [1.807, 2.05) is 0 Å². The zero-order chi connectivity index (χ0) is 15.9. The molecule has 1 fully saturated rings. The summed E-state index contributed by atoms with van der Waals surface area (Å²) in [5.41, 5.74) is 6.30. The first-order valence-corrected chi connectivity index (χ1v) is 7.92. The zero-order valence-corrected chi connectivity index (χ0v) is 13.1. The molecule has 0 aromatic carbocycles. The fourth-order valence-corrected chi connectivity index (χ4v) is 2.63. The normalized spacial score (nSPS) is 18.2. The summed E-state index contributed by atoms with van der Waals surface area (Å²) in [5.74, 6) is -0.102. The van der Waals surface area contributed by atoms with Crippen LogP contribution in [0.25, 0.3) is 0 Å². The third kappa shape index (κ3) is 4.25. The van der Waals surface area contributed by atoms with Gasteiger partial charge in [0, 0.05) is 32.4 Å². The van der Waals surface area contributed by atoms with Crippen molar-refractivity contribution in [3.8, 4) is 0 Å². The van der Waals surface area contributed by atoms with E-state index in [2.05, 4.69) is 15.6 Å². The molecule has 8 heteroatoms. The van der Waals surface area contributed by atoms with Crippen molar-refractivity contribution in [2.24, 2.45) is 5.73 Å². The molecule has 4 N–H and O–H groups in total. The van der Waals surface area contributed by atoms with Crippen LogP contribution in [-0.4, -0.2) is 69.7 Å². The lowest BCUT2D eigenvalue weighted by atomic mass is 10.1. The molecule has 0 bridgehead atoms. The summed E-state index contributed by atoms with van der Waals surface area (Å²) in [7, 11) is 0. The molecular weight excluding hydrogens is 284 g/mol.